The fourth-order valence-corrected chi connectivity index (χ4v) is 5.00. The fourth-order valence-electron chi connectivity index (χ4n) is 3.70. The molecule has 0 fully saturated rings. The molecule has 0 saturated heterocycles. The van der Waals surface area contributed by atoms with Gasteiger partial charge in [-0.25, -0.2) is 9.37 Å². The van der Waals surface area contributed by atoms with Gasteiger partial charge in [-0.05, 0) is 80.7 Å². The summed E-state index contributed by atoms with van der Waals surface area (Å²) in [5, 5.41) is 7.49. The number of fused-ring (bicyclic) bond motifs is 1. The van der Waals surface area contributed by atoms with Crippen molar-refractivity contribution in [3.8, 4) is 11.5 Å². The SMILES string of the molecule is CCCc1nc2ccc(Br)cc2c(=O)n1N=Cc1cc(OC)c(OCC(=O)Nc2cccc(F)c2)c(Br)c1Br. The Morgan fingerprint density at radius 3 is 2.67 bits per heavy atom. The number of aromatic nitrogens is 2. The molecule has 0 atom stereocenters. The van der Waals surface area contributed by atoms with Crippen molar-refractivity contribution in [2.24, 2.45) is 5.10 Å². The van der Waals surface area contributed by atoms with Crippen LogP contribution >= 0.6 is 47.8 Å². The number of amides is 1. The largest absolute Gasteiger partial charge is 0.493 e. The average molecular weight is 725 g/mol. The number of carbonyl (C=O) groups is 1. The van der Waals surface area contributed by atoms with Gasteiger partial charge in [0.25, 0.3) is 11.5 Å². The number of methoxy groups -OCH3 is 1. The van der Waals surface area contributed by atoms with Gasteiger partial charge in [-0.3, -0.25) is 9.59 Å². The first kappa shape index (κ1) is 28.9. The Morgan fingerprint density at radius 2 is 1.95 bits per heavy atom. The number of benzene rings is 3. The zero-order chi connectivity index (χ0) is 28.1. The molecule has 0 aliphatic carbocycles. The Hall–Kier alpha value is -3.09. The van der Waals surface area contributed by atoms with Crippen molar-refractivity contribution in [1.82, 2.24) is 9.66 Å². The van der Waals surface area contributed by atoms with Crippen LogP contribution in [0.3, 0.4) is 0 Å². The molecule has 39 heavy (non-hydrogen) atoms. The number of carbonyl (C=O) groups excluding carboxylic acids is 1. The molecule has 3 aromatic carbocycles. The lowest BCUT2D eigenvalue weighted by molar-refractivity contribution is -0.118. The van der Waals surface area contributed by atoms with Crippen LogP contribution in [0.2, 0.25) is 0 Å². The highest BCUT2D eigenvalue weighted by atomic mass is 79.9. The van der Waals surface area contributed by atoms with Crippen molar-refractivity contribution in [1.29, 1.82) is 0 Å². The van der Waals surface area contributed by atoms with E-state index in [2.05, 4.69) is 63.2 Å². The van der Waals surface area contributed by atoms with Gasteiger partial charge in [0.15, 0.2) is 18.1 Å². The Labute approximate surface area is 248 Å². The molecule has 8 nitrogen and oxygen atoms in total. The van der Waals surface area contributed by atoms with Gasteiger partial charge in [-0.15, -0.1) is 0 Å². The molecule has 4 aromatic rings. The van der Waals surface area contributed by atoms with Crippen molar-refractivity contribution >= 4 is 76.5 Å². The summed E-state index contributed by atoms with van der Waals surface area (Å²) >= 11 is 10.4. The van der Waals surface area contributed by atoms with Crippen molar-refractivity contribution in [3.63, 3.8) is 0 Å². The van der Waals surface area contributed by atoms with Crippen LogP contribution in [0.25, 0.3) is 10.9 Å². The van der Waals surface area contributed by atoms with E-state index in [-0.39, 0.29) is 17.9 Å². The molecule has 12 heteroatoms. The summed E-state index contributed by atoms with van der Waals surface area (Å²) in [6, 6.07) is 12.6. The van der Waals surface area contributed by atoms with E-state index in [4.69, 9.17) is 9.47 Å². The molecule has 0 bridgehead atoms. The summed E-state index contributed by atoms with van der Waals surface area (Å²) in [6.45, 7) is 1.65. The predicted molar refractivity (Wildman–Crippen MR) is 160 cm³/mol. The number of hydrogen-bond donors (Lipinski definition) is 1. The molecular weight excluding hydrogens is 703 g/mol. The standard InChI is InChI=1S/C27H22Br3FN4O4/c1-3-5-22-34-20-9-8-16(28)11-19(20)27(37)35(22)32-13-15-10-21(38-2)26(25(30)24(15)29)39-14-23(36)33-18-7-4-6-17(31)12-18/h4,6-13H,3,5,14H2,1-2H3,(H,33,36). The molecule has 4 rings (SSSR count). The smallest absolute Gasteiger partial charge is 0.282 e. The van der Waals surface area contributed by atoms with Gasteiger partial charge in [0, 0.05) is 26.6 Å². The summed E-state index contributed by atoms with van der Waals surface area (Å²) in [5.74, 6) is 0.203. The van der Waals surface area contributed by atoms with E-state index in [0.717, 1.165) is 10.9 Å². The van der Waals surface area contributed by atoms with Gasteiger partial charge in [-0.2, -0.15) is 9.78 Å². The second kappa shape index (κ2) is 12.8. The van der Waals surface area contributed by atoms with Crippen LogP contribution < -0.4 is 20.3 Å². The highest BCUT2D eigenvalue weighted by molar-refractivity contribution is 9.13. The third-order valence-corrected chi connectivity index (χ3v) is 8.13. The molecule has 0 saturated carbocycles. The van der Waals surface area contributed by atoms with Crippen LogP contribution in [-0.2, 0) is 11.2 Å². The molecule has 1 heterocycles. The van der Waals surface area contributed by atoms with Crippen LogP contribution in [0.15, 0.2) is 71.8 Å². The summed E-state index contributed by atoms with van der Waals surface area (Å²) in [6.07, 6.45) is 2.87. The minimum atomic E-state index is -0.477. The normalized spacial score (nSPS) is 11.2. The van der Waals surface area contributed by atoms with Gasteiger partial charge in [0.05, 0.1) is 28.7 Å². The van der Waals surface area contributed by atoms with E-state index in [1.165, 1.54) is 36.2 Å². The second-order valence-electron chi connectivity index (χ2n) is 8.27. The molecule has 1 N–H and O–H groups in total. The average Bonchev–Trinajstić information content (AvgIpc) is 2.90. The Morgan fingerprint density at radius 1 is 1.15 bits per heavy atom. The molecule has 1 aromatic heterocycles. The van der Waals surface area contributed by atoms with Gasteiger partial charge >= 0.3 is 0 Å². The fraction of sp³-hybridized carbons (Fsp3) is 0.185. The first-order chi connectivity index (χ1) is 18.7. The van der Waals surface area contributed by atoms with Crippen LogP contribution in [0.1, 0.15) is 24.7 Å². The summed E-state index contributed by atoms with van der Waals surface area (Å²) in [7, 11) is 1.46. The Balaban J connectivity index is 1.63. The second-order valence-corrected chi connectivity index (χ2v) is 10.8. The van der Waals surface area contributed by atoms with Crippen molar-refractivity contribution in [2.75, 3.05) is 19.0 Å². The maximum Gasteiger partial charge on any atom is 0.282 e. The predicted octanol–water partition coefficient (Wildman–Crippen LogP) is 6.68. The van der Waals surface area contributed by atoms with Gasteiger partial charge in [0.2, 0.25) is 0 Å². The zero-order valence-corrected chi connectivity index (χ0v) is 25.6. The van der Waals surface area contributed by atoms with Gasteiger partial charge in [0.1, 0.15) is 11.6 Å². The number of halogens is 4. The first-order valence-electron chi connectivity index (χ1n) is 11.7. The maximum absolute atomic E-state index is 13.4. The number of aryl methyl sites for hydroxylation is 1. The molecule has 0 radical (unpaired) electrons. The third-order valence-electron chi connectivity index (χ3n) is 5.49. The van der Waals surface area contributed by atoms with Crippen molar-refractivity contribution < 1.29 is 18.7 Å². The third kappa shape index (κ3) is 6.74. The molecule has 202 valence electrons. The van der Waals surface area contributed by atoms with Crippen LogP contribution in [0, 0.1) is 5.82 Å². The van der Waals surface area contributed by atoms with Gasteiger partial charge in [-0.1, -0.05) is 28.9 Å². The van der Waals surface area contributed by atoms with Crippen molar-refractivity contribution in [2.45, 2.75) is 19.8 Å². The van der Waals surface area contributed by atoms with Crippen LogP contribution in [0.5, 0.6) is 11.5 Å². The number of nitrogens with one attached hydrogen (secondary N) is 1. The highest BCUT2D eigenvalue weighted by Crippen LogP contribution is 2.42. The van der Waals surface area contributed by atoms with E-state index >= 15 is 0 Å². The lowest BCUT2D eigenvalue weighted by atomic mass is 10.2. The molecule has 0 spiro atoms. The summed E-state index contributed by atoms with van der Waals surface area (Å²) < 4.78 is 27.7. The maximum atomic E-state index is 13.4. The van der Waals surface area contributed by atoms with E-state index in [0.29, 0.717) is 49.1 Å². The Kier molecular flexibility index (Phi) is 9.52. The minimum absolute atomic E-state index is 0.275. The number of anilines is 1. The topological polar surface area (TPSA) is 94.8 Å². The van der Waals surface area contributed by atoms with E-state index in [1.54, 1.807) is 24.3 Å². The lowest BCUT2D eigenvalue weighted by Gasteiger charge is -2.15. The summed E-state index contributed by atoms with van der Waals surface area (Å²) in [4.78, 5) is 30.3. The minimum Gasteiger partial charge on any atom is -0.493 e. The molecule has 0 aliphatic rings. The van der Waals surface area contributed by atoms with E-state index < -0.39 is 11.7 Å². The van der Waals surface area contributed by atoms with E-state index in [9.17, 15) is 14.0 Å². The lowest BCUT2D eigenvalue weighted by Crippen LogP contribution is -2.22. The van der Waals surface area contributed by atoms with E-state index in [1.807, 2.05) is 13.0 Å². The quantitative estimate of drug-likeness (QED) is 0.195. The number of hydrogen-bond acceptors (Lipinski definition) is 6. The van der Waals surface area contributed by atoms with Crippen LogP contribution in [0.4, 0.5) is 10.1 Å². The number of nitrogens with zero attached hydrogens (tertiary/aromatic N) is 3. The Bertz CT molecular complexity index is 1640. The highest BCUT2D eigenvalue weighted by Gasteiger charge is 2.18. The summed E-state index contributed by atoms with van der Waals surface area (Å²) in [5.41, 5.74) is 1.22. The van der Waals surface area contributed by atoms with Gasteiger partial charge < -0.3 is 14.8 Å². The molecule has 0 aliphatic heterocycles. The first-order valence-corrected chi connectivity index (χ1v) is 14.1. The zero-order valence-electron chi connectivity index (χ0n) is 20.8. The van der Waals surface area contributed by atoms with Crippen molar-refractivity contribution in [3.05, 3.63) is 89.5 Å². The molecular formula is C27H22Br3FN4O4. The van der Waals surface area contributed by atoms with Crippen LogP contribution in [-0.4, -0.2) is 35.5 Å². The number of rotatable bonds is 9. The monoisotopic (exact) mass is 722 g/mol. The molecule has 1 amide bonds. The number of ether oxygens (including phenoxy) is 2. The molecule has 0 unspecified atom stereocenters.